The molecular formula is C73H49F6N3. The second kappa shape index (κ2) is 19.7. The third-order valence-electron chi connectivity index (χ3n) is 15.8. The van der Waals surface area contributed by atoms with Gasteiger partial charge in [0.25, 0.3) is 0 Å². The molecule has 0 amide bonds. The second-order valence-electron chi connectivity index (χ2n) is 21.4. The molecule has 13 rings (SSSR count). The van der Waals surface area contributed by atoms with Gasteiger partial charge in [-0.05, 0) is 162 Å². The summed E-state index contributed by atoms with van der Waals surface area (Å²) in [5.74, 6) is 0. The Morgan fingerprint density at radius 1 is 0.317 bits per heavy atom. The number of nitrogens with zero attached hydrogens (tertiary/aromatic N) is 3. The number of aromatic nitrogens is 2. The number of halogens is 6. The zero-order chi connectivity index (χ0) is 56.8. The van der Waals surface area contributed by atoms with Crippen LogP contribution in [-0.2, 0) is 12.4 Å². The molecule has 0 aliphatic carbocycles. The molecule has 2 aromatic heterocycles. The molecule has 0 saturated heterocycles. The van der Waals surface area contributed by atoms with Crippen LogP contribution in [0.1, 0.15) is 38.9 Å². The maximum Gasteiger partial charge on any atom is 0.417 e. The van der Waals surface area contributed by atoms with E-state index in [9.17, 15) is 18.4 Å². The van der Waals surface area contributed by atoms with E-state index in [1.54, 1.807) is 24.3 Å². The molecule has 0 spiro atoms. The van der Waals surface area contributed by atoms with Gasteiger partial charge in [-0.2, -0.15) is 31.6 Å². The van der Waals surface area contributed by atoms with Gasteiger partial charge >= 0.3 is 12.4 Å². The van der Waals surface area contributed by atoms with Crippen LogP contribution in [0.5, 0.6) is 0 Å². The van der Waals surface area contributed by atoms with E-state index in [0.29, 0.717) is 34.1 Å². The van der Waals surface area contributed by atoms with Crippen LogP contribution in [-0.4, -0.2) is 9.13 Å². The predicted octanol–water partition coefficient (Wildman–Crippen LogP) is 21.0. The largest absolute Gasteiger partial charge is 0.417 e. The maximum atomic E-state index is 15.3. The van der Waals surface area contributed by atoms with Crippen molar-refractivity contribution in [3.63, 3.8) is 0 Å². The first kappa shape index (κ1) is 51.5. The summed E-state index contributed by atoms with van der Waals surface area (Å²) < 4.78 is 92.7. The molecule has 0 aliphatic heterocycles. The van der Waals surface area contributed by atoms with Gasteiger partial charge in [0.05, 0.1) is 56.2 Å². The van der Waals surface area contributed by atoms with E-state index in [0.717, 1.165) is 116 Å². The molecule has 11 aromatic carbocycles. The Hall–Kier alpha value is -9.91. The highest BCUT2D eigenvalue weighted by atomic mass is 19.4. The van der Waals surface area contributed by atoms with Crippen molar-refractivity contribution in [2.75, 3.05) is 0 Å². The molecular weight excluding hydrogens is 1030 g/mol. The predicted molar refractivity (Wildman–Crippen MR) is 321 cm³/mol. The van der Waals surface area contributed by atoms with E-state index in [1.165, 1.54) is 0 Å². The van der Waals surface area contributed by atoms with Gasteiger partial charge in [-0.25, -0.2) is 0 Å². The molecule has 82 heavy (non-hydrogen) atoms. The van der Waals surface area contributed by atoms with Gasteiger partial charge in [-0.3, -0.25) is 0 Å². The van der Waals surface area contributed by atoms with E-state index in [1.807, 2.05) is 86.6 Å². The van der Waals surface area contributed by atoms with Crippen LogP contribution in [0.3, 0.4) is 0 Å². The molecule has 0 saturated carbocycles. The number of rotatable bonds is 8. The van der Waals surface area contributed by atoms with Crippen molar-refractivity contribution in [3.8, 4) is 84.2 Å². The van der Waals surface area contributed by atoms with Crippen LogP contribution >= 0.6 is 0 Å². The number of fused-ring (bicyclic) bond motifs is 6. The average molecular weight is 1080 g/mol. The lowest BCUT2D eigenvalue weighted by molar-refractivity contribution is -0.142. The minimum Gasteiger partial charge on any atom is -0.309 e. The zero-order valence-electron chi connectivity index (χ0n) is 45.0. The highest BCUT2D eigenvalue weighted by Gasteiger charge is 2.39. The first-order valence-electron chi connectivity index (χ1n) is 26.9. The van der Waals surface area contributed by atoms with E-state index in [2.05, 4.69) is 138 Å². The molecule has 0 atom stereocenters. The van der Waals surface area contributed by atoms with Gasteiger partial charge in [-0.1, -0.05) is 168 Å². The lowest BCUT2D eigenvalue weighted by Crippen LogP contribution is -2.12. The van der Waals surface area contributed by atoms with Crippen molar-refractivity contribution >= 4 is 43.6 Å². The molecule has 0 aliphatic rings. The highest BCUT2D eigenvalue weighted by Crippen LogP contribution is 2.47. The molecule has 0 bridgehead atoms. The van der Waals surface area contributed by atoms with Crippen molar-refractivity contribution in [1.82, 2.24) is 9.13 Å². The Labute approximate surface area is 469 Å². The summed E-state index contributed by atoms with van der Waals surface area (Å²) in [4.78, 5) is 0. The molecule has 2 heterocycles. The lowest BCUT2D eigenvalue weighted by Gasteiger charge is -2.21. The van der Waals surface area contributed by atoms with E-state index < -0.39 is 29.0 Å². The topological polar surface area (TPSA) is 33.6 Å². The van der Waals surface area contributed by atoms with Crippen LogP contribution in [0.4, 0.5) is 26.3 Å². The summed E-state index contributed by atoms with van der Waals surface area (Å²) in [6, 6.07) is 73.0. The lowest BCUT2D eigenvalue weighted by atomic mass is 9.92. The maximum absolute atomic E-state index is 15.3. The summed E-state index contributed by atoms with van der Waals surface area (Å²) in [6.45, 7) is 8.21. The minimum atomic E-state index is -5.14. The van der Waals surface area contributed by atoms with Crippen LogP contribution in [0.15, 0.2) is 224 Å². The van der Waals surface area contributed by atoms with Gasteiger partial charge in [0.1, 0.15) is 0 Å². The third kappa shape index (κ3) is 9.16. The van der Waals surface area contributed by atoms with E-state index in [4.69, 9.17) is 0 Å². The molecule has 9 heteroatoms. The number of alkyl halides is 6. The summed E-state index contributed by atoms with van der Waals surface area (Å²) in [7, 11) is 0. The van der Waals surface area contributed by atoms with Crippen molar-refractivity contribution < 1.29 is 26.3 Å². The van der Waals surface area contributed by atoms with Crippen LogP contribution < -0.4 is 0 Å². The molecule has 13 aromatic rings. The zero-order valence-corrected chi connectivity index (χ0v) is 45.0. The minimum absolute atomic E-state index is 0.0574. The van der Waals surface area contributed by atoms with Gasteiger partial charge < -0.3 is 9.13 Å². The quantitative estimate of drug-likeness (QED) is 0.140. The van der Waals surface area contributed by atoms with Crippen LogP contribution in [0.2, 0.25) is 0 Å². The number of hydrogen-bond donors (Lipinski definition) is 0. The van der Waals surface area contributed by atoms with Crippen molar-refractivity contribution in [2.24, 2.45) is 0 Å². The Balaban J connectivity index is 1.13. The Bertz CT molecular complexity index is 4590. The summed E-state index contributed by atoms with van der Waals surface area (Å²) in [5.41, 5.74) is 15.3. The van der Waals surface area contributed by atoms with Crippen molar-refractivity contribution in [3.05, 3.63) is 263 Å². The molecule has 3 nitrogen and oxygen atoms in total. The molecule has 0 unspecified atom stereocenters. The molecule has 0 N–H and O–H groups in total. The number of hydrogen-bond acceptors (Lipinski definition) is 1. The normalized spacial score (nSPS) is 12.0. The smallest absolute Gasteiger partial charge is 0.309 e. The fourth-order valence-corrected chi connectivity index (χ4v) is 11.9. The van der Waals surface area contributed by atoms with E-state index >= 15 is 13.2 Å². The van der Waals surface area contributed by atoms with Gasteiger partial charge in [0, 0.05) is 32.7 Å². The molecule has 0 fully saturated rings. The monoisotopic (exact) mass is 1080 g/mol. The van der Waals surface area contributed by atoms with Crippen molar-refractivity contribution in [1.29, 1.82) is 5.26 Å². The molecule has 398 valence electrons. The first-order valence-corrected chi connectivity index (χ1v) is 26.9. The summed E-state index contributed by atoms with van der Waals surface area (Å²) >= 11 is 0. The Morgan fingerprint density at radius 2 is 0.659 bits per heavy atom. The molecule has 0 radical (unpaired) electrons. The first-order chi connectivity index (χ1) is 39.5. The number of nitriles is 1. The highest BCUT2D eigenvalue weighted by molar-refractivity contribution is 6.14. The number of benzene rings is 11. The fraction of sp³-hybridized carbons (Fsp3) is 0.0822. The second-order valence-corrected chi connectivity index (χ2v) is 21.4. The van der Waals surface area contributed by atoms with E-state index in [-0.39, 0.29) is 11.6 Å². The van der Waals surface area contributed by atoms with Crippen molar-refractivity contribution in [2.45, 2.75) is 40.0 Å². The summed E-state index contributed by atoms with van der Waals surface area (Å²) in [5, 5.41) is 14.4. The fourth-order valence-electron chi connectivity index (χ4n) is 11.9. The van der Waals surface area contributed by atoms with Gasteiger partial charge in [0.15, 0.2) is 0 Å². The third-order valence-corrected chi connectivity index (χ3v) is 15.8. The standard InChI is InChI=1S/C73H49F6N3/c1-43-9-5-13-48(31-43)52-19-27-66-61(36-52)62-37-53(49-14-6-10-44(2)32-49)20-28-67(62)81(66)70-35-47(42-80)17-24-59(70)60-25-18-56(58-26-23-57(72(74,75)76)41-65(58)73(77,78)79)40-71(60)82-68-29-21-54(50-15-7-11-45(3)33-50)38-63(68)64-39-55(22-30-69(64)82)51-16-8-12-46(4)34-51/h5-41H,1-4H3. The van der Waals surface area contributed by atoms with Crippen LogP contribution in [0.25, 0.3) is 122 Å². The summed E-state index contributed by atoms with van der Waals surface area (Å²) in [6.07, 6.45) is -10.2. The van der Waals surface area contributed by atoms with Crippen LogP contribution in [0, 0.1) is 39.0 Å². The SMILES string of the molecule is Cc1cccc(-c2ccc3c(c2)c2cc(-c4cccc(C)c4)ccc2n3-c2cc(C#N)ccc2-c2ccc(-c3ccc(C(F)(F)F)cc3C(F)(F)F)cc2-n2c3ccc(-c4cccc(C)c4)cc3c3cc(-c4cccc(C)c4)ccc32)c1. The Kier molecular flexibility index (Phi) is 12.4. The Morgan fingerprint density at radius 3 is 1.01 bits per heavy atom. The average Bonchev–Trinajstić information content (AvgIpc) is 3.08. The van der Waals surface area contributed by atoms with Gasteiger partial charge in [-0.15, -0.1) is 0 Å². The number of aryl methyl sites for hydroxylation is 4. The van der Waals surface area contributed by atoms with Gasteiger partial charge in [0.2, 0.25) is 0 Å².